The molecule has 0 amide bonds. The van der Waals surface area contributed by atoms with Crippen LogP contribution in [-0.4, -0.2) is 54.6 Å². The Bertz CT molecular complexity index is 628. The van der Waals surface area contributed by atoms with Gasteiger partial charge in [0.2, 0.25) is 5.88 Å². The van der Waals surface area contributed by atoms with Crippen LogP contribution in [0.1, 0.15) is 15.2 Å². The van der Waals surface area contributed by atoms with Crippen LogP contribution in [0.4, 0.5) is 0 Å². The highest BCUT2D eigenvalue weighted by Crippen LogP contribution is 2.34. The van der Waals surface area contributed by atoms with Crippen LogP contribution in [0, 0.1) is 6.92 Å². The van der Waals surface area contributed by atoms with Crippen LogP contribution in [0.15, 0.2) is 6.33 Å². The Kier molecular flexibility index (Phi) is 5.43. The molecule has 0 radical (unpaired) electrons. The quantitative estimate of drug-likeness (QED) is 0.742. The number of fused-ring (bicyclic) bond motifs is 1. The average Bonchev–Trinajstić information content (AvgIpc) is 2.81. The first-order valence-corrected chi connectivity index (χ1v) is 7.13. The number of ether oxygens (including phenoxy) is 3. The van der Waals surface area contributed by atoms with Gasteiger partial charge >= 0.3 is 5.97 Å². The molecule has 0 saturated heterocycles. The van der Waals surface area contributed by atoms with Gasteiger partial charge in [-0.15, -0.1) is 11.3 Å². The van der Waals surface area contributed by atoms with E-state index in [0.29, 0.717) is 48.1 Å². The van der Waals surface area contributed by atoms with Crippen LogP contribution in [-0.2, 0) is 9.47 Å². The lowest BCUT2D eigenvalue weighted by atomic mass is 10.2. The van der Waals surface area contributed by atoms with Crippen molar-refractivity contribution >= 4 is 27.5 Å². The topological polar surface area (TPSA) is 90.8 Å². The molecule has 0 aliphatic carbocycles. The Labute approximate surface area is 125 Å². The first-order valence-electron chi connectivity index (χ1n) is 6.32. The van der Waals surface area contributed by atoms with Gasteiger partial charge in [0.05, 0.1) is 25.2 Å². The number of rotatable bonds is 8. The van der Waals surface area contributed by atoms with E-state index in [2.05, 4.69) is 9.97 Å². The fraction of sp³-hybridized carbons (Fsp3) is 0.462. The zero-order chi connectivity index (χ0) is 15.2. The lowest BCUT2D eigenvalue weighted by Gasteiger charge is -2.07. The molecule has 0 atom stereocenters. The number of hydrogen-bond acceptors (Lipinski definition) is 7. The number of carboxylic acid groups (broad SMARTS) is 1. The molecule has 0 aliphatic heterocycles. The second-order valence-electron chi connectivity index (χ2n) is 4.17. The maximum Gasteiger partial charge on any atom is 0.346 e. The molecule has 8 heteroatoms. The van der Waals surface area contributed by atoms with Gasteiger partial charge in [-0.05, 0) is 12.5 Å². The summed E-state index contributed by atoms with van der Waals surface area (Å²) in [6.07, 6.45) is 1.37. The number of methoxy groups -OCH3 is 1. The molecule has 2 aromatic rings. The smallest absolute Gasteiger partial charge is 0.346 e. The highest BCUT2D eigenvalue weighted by molar-refractivity contribution is 7.20. The maximum absolute atomic E-state index is 11.2. The summed E-state index contributed by atoms with van der Waals surface area (Å²) in [5.41, 5.74) is 0.624. The molecule has 0 aromatic carbocycles. The monoisotopic (exact) mass is 312 g/mol. The van der Waals surface area contributed by atoms with Crippen molar-refractivity contribution in [1.29, 1.82) is 0 Å². The third-order valence-corrected chi connectivity index (χ3v) is 3.97. The van der Waals surface area contributed by atoms with Gasteiger partial charge in [-0.3, -0.25) is 0 Å². The van der Waals surface area contributed by atoms with Gasteiger partial charge < -0.3 is 19.3 Å². The molecule has 0 unspecified atom stereocenters. The van der Waals surface area contributed by atoms with Crippen LogP contribution < -0.4 is 4.74 Å². The molecule has 0 fully saturated rings. The van der Waals surface area contributed by atoms with E-state index in [0.717, 1.165) is 11.3 Å². The lowest BCUT2D eigenvalue weighted by Crippen LogP contribution is -2.10. The van der Waals surface area contributed by atoms with Gasteiger partial charge in [0.15, 0.2) is 0 Å². The molecule has 0 spiro atoms. The fourth-order valence-corrected chi connectivity index (χ4v) is 2.77. The largest absolute Gasteiger partial charge is 0.477 e. The molecule has 0 saturated carbocycles. The third kappa shape index (κ3) is 3.66. The summed E-state index contributed by atoms with van der Waals surface area (Å²) in [5.74, 6) is -0.582. The van der Waals surface area contributed by atoms with Gasteiger partial charge in [0, 0.05) is 7.11 Å². The summed E-state index contributed by atoms with van der Waals surface area (Å²) in [6.45, 7) is 3.49. The minimum atomic E-state index is -0.968. The van der Waals surface area contributed by atoms with Crippen LogP contribution >= 0.6 is 11.3 Å². The summed E-state index contributed by atoms with van der Waals surface area (Å²) < 4.78 is 15.7. The maximum atomic E-state index is 11.2. The van der Waals surface area contributed by atoms with Crippen LogP contribution in [0.5, 0.6) is 5.88 Å². The summed E-state index contributed by atoms with van der Waals surface area (Å²) in [7, 11) is 1.61. The molecule has 114 valence electrons. The minimum absolute atomic E-state index is 0.256. The van der Waals surface area contributed by atoms with E-state index in [1.807, 2.05) is 0 Å². The number of aryl methyl sites for hydroxylation is 1. The summed E-state index contributed by atoms with van der Waals surface area (Å²) >= 11 is 1.12. The van der Waals surface area contributed by atoms with Crippen LogP contribution in [0.25, 0.3) is 10.2 Å². The number of aromatic nitrogens is 2. The van der Waals surface area contributed by atoms with Crippen LogP contribution in [0.2, 0.25) is 0 Å². The normalized spacial score (nSPS) is 11.0. The zero-order valence-electron chi connectivity index (χ0n) is 11.8. The van der Waals surface area contributed by atoms with Gasteiger partial charge in [0.25, 0.3) is 0 Å². The predicted octanol–water partition coefficient (Wildman–Crippen LogP) is 1.74. The Hall–Kier alpha value is -1.77. The molecule has 2 heterocycles. The third-order valence-electron chi connectivity index (χ3n) is 2.78. The number of thiophene rings is 1. The van der Waals surface area contributed by atoms with E-state index in [-0.39, 0.29) is 4.88 Å². The molecule has 0 aliphatic rings. The van der Waals surface area contributed by atoms with Gasteiger partial charge in [-0.25, -0.2) is 14.8 Å². The molecular weight excluding hydrogens is 296 g/mol. The number of carbonyl (C=O) groups is 1. The van der Waals surface area contributed by atoms with Crippen LogP contribution in [0.3, 0.4) is 0 Å². The van der Waals surface area contributed by atoms with Crippen molar-refractivity contribution in [1.82, 2.24) is 9.97 Å². The Morgan fingerprint density at radius 3 is 2.76 bits per heavy atom. The molecule has 7 nitrogen and oxygen atoms in total. The van der Waals surface area contributed by atoms with Crippen molar-refractivity contribution in [2.45, 2.75) is 6.92 Å². The second-order valence-corrected chi connectivity index (χ2v) is 5.17. The second kappa shape index (κ2) is 7.30. The van der Waals surface area contributed by atoms with Crippen molar-refractivity contribution in [2.75, 3.05) is 33.5 Å². The number of aromatic carboxylic acids is 1. The first kappa shape index (κ1) is 15.6. The van der Waals surface area contributed by atoms with Gasteiger partial charge in [-0.2, -0.15) is 0 Å². The molecular formula is C13H16N2O5S. The van der Waals surface area contributed by atoms with E-state index in [1.54, 1.807) is 14.0 Å². The molecule has 1 N–H and O–H groups in total. The summed E-state index contributed by atoms with van der Waals surface area (Å²) in [6, 6.07) is 0. The minimum Gasteiger partial charge on any atom is -0.477 e. The van der Waals surface area contributed by atoms with Crippen molar-refractivity contribution in [3.8, 4) is 5.88 Å². The SMILES string of the molecule is COCCOCCOc1ncnc2sc(C(=O)O)c(C)c12. The predicted molar refractivity (Wildman–Crippen MR) is 77.3 cm³/mol. The van der Waals surface area contributed by atoms with Crippen molar-refractivity contribution < 1.29 is 24.1 Å². The molecule has 0 bridgehead atoms. The van der Waals surface area contributed by atoms with Gasteiger partial charge in [-0.1, -0.05) is 0 Å². The van der Waals surface area contributed by atoms with E-state index in [1.165, 1.54) is 6.33 Å². The van der Waals surface area contributed by atoms with E-state index < -0.39 is 5.97 Å². The average molecular weight is 312 g/mol. The zero-order valence-corrected chi connectivity index (χ0v) is 12.6. The van der Waals surface area contributed by atoms with E-state index >= 15 is 0 Å². The summed E-state index contributed by atoms with van der Waals surface area (Å²) in [4.78, 5) is 20.2. The number of carboxylic acids is 1. The lowest BCUT2D eigenvalue weighted by molar-refractivity contribution is 0.0539. The van der Waals surface area contributed by atoms with Crippen molar-refractivity contribution in [3.63, 3.8) is 0 Å². The summed E-state index contributed by atoms with van der Waals surface area (Å²) in [5, 5.41) is 9.79. The Morgan fingerprint density at radius 1 is 1.29 bits per heavy atom. The molecule has 2 aromatic heterocycles. The number of nitrogens with zero attached hydrogens (tertiary/aromatic N) is 2. The Balaban J connectivity index is 2.08. The molecule has 21 heavy (non-hydrogen) atoms. The van der Waals surface area contributed by atoms with Crippen molar-refractivity contribution in [2.24, 2.45) is 0 Å². The Morgan fingerprint density at radius 2 is 2.05 bits per heavy atom. The van der Waals surface area contributed by atoms with E-state index in [4.69, 9.17) is 19.3 Å². The van der Waals surface area contributed by atoms with Crippen molar-refractivity contribution in [3.05, 3.63) is 16.8 Å². The molecule has 2 rings (SSSR count). The standard InChI is InChI=1S/C13H16N2O5S/c1-8-9-11(20-6-5-19-4-3-18-2)14-7-15-12(9)21-10(8)13(16)17/h7H,3-6H2,1-2H3,(H,16,17). The number of hydrogen-bond donors (Lipinski definition) is 1. The van der Waals surface area contributed by atoms with Gasteiger partial charge in [0.1, 0.15) is 22.6 Å². The van der Waals surface area contributed by atoms with E-state index in [9.17, 15) is 4.79 Å². The fourth-order valence-electron chi connectivity index (χ4n) is 1.79. The first-order chi connectivity index (χ1) is 10.1. The highest BCUT2D eigenvalue weighted by atomic mass is 32.1. The highest BCUT2D eigenvalue weighted by Gasteiger charge is 2.19.